The summed E-state index contributed by atoms with van der Waals surface area (Å²) >= 11 is 7.18. The van der Waals surface area contributed by atoms with Gasteiger partial charge in [0, 0.05) is 26.7 Å². The standard InChI is InChI=1S/C32H26BrIN4O3S/c1-20-3-13-26(14-4-20)36-32-37-28(19-42-32)23-7-9-24(10-8-23)31(39)38-35-17-22-15-27(34)30(29(16-22)40-2)41-18-21-5-11-25(33)12-6-21/h3-17,19H,18H2,1-2H3,(H,36,37)(H,38,39)/b35-17-. The second-order valence-electron chi connectivity index (χ2n) is 9.25. The topological polar surface area (TPSA) is 84.8 Å². The minimum Gasteiger partial charge on any atom is -0.493 e. The molecule has 4 aromatic carbocycles. The van der Waals surface area contributed by atoms with Crippen LogP contribution >= 0.6 is 49.9 Å². The van der Waals surface area contributed by atoms with Crippen molar-refractivity contribution in [2.45, 2.75) is 13.5 Å². The largest absolute Gasteiger partial charge is 0.493 e. The molecule has 10 heteroatoms. The van der Waals surface area contributed by atoms with Gasteiger partial charge in [-0.2, -0.15) is 5.10 Å². The highest BCUT2D eigenvalue weighted by molar-refractivity contribution is 14.1. The lowest BCUT2D eigenvalue weighted by atomic mass is 10.1. The lowest BCUT2D eigenvalue weighted by molar-refractivity contribution is 0.0955. The van der Waals surface area contributed by atoms with Gasteiger partial charge < -0.3 is 14.8 Å². The number of thiazole rings is 1. The summed E-state index contributed by atoms with van der Waals surface area (Å²) in [5, 5.41) is 10.3. The van der Waals surface area contributed by atoms with Crippen molar-refractivity contribution in [3.05, 3.63) is 121 Å². The molecule has 1 aromatic heterocycles. The smallest absolute Gasteiger partial charge is 0.271 e. The van der Waals surface area contributed by atoms with Gasteiger partial charge in [-0.3, -0.25) is 4.79 Å². The third-order valence-corrected chi connectivity index (χ3v) is 8.27. The van der Waals surface area contributed by atoms with E-state index in [0.717, 1.165) is 41.2 Å². The highest BCUT2D eigenvalue weighted by Crippen LogP contribution is 2.34. The number of hydrogen-bond acceptors (Lipinski definition) is 7. The summed E-state index contributed by atoms with van der Waals surface area (Å²) in [4.78, 5) is 17.4. The number of hydrazone groups is 1. The first-order chi connectivity index (χ1) is 20.4. The average Bonchev–Trinajstić information content (AvgIpc) is 3.47. The molecule has 0 fully saturated rings. The maximum atomic E-state index is 12.7. The number of hydrogen-bond donors (Lipinski definition) is 2. The minimum absolute atomic E-state index is 0.311. The molecule has 0 bridgehead atoms. The van der Waals surface area contributed by atoms with E-state index < -0.39 is 0 Å². The number of nitrogens with zero attached hydrogens (tertiary/aromatic N) is 2. The summed E-state index contributed by atoms with van der Waals surface area (Å²) in [6.45, 7) is 2.47. The molecule has 1 heterocycles. The quantitative estimate of drug-likeness (QED) is 0.0849. The van der Waals surface area contributed by atoms with Crippen LogP contribution in [0.3, 0.4) is 0 Å². The number of aromatic nitrogens is 1. The predicted octanol–water partition coefficient (Wildman–Crippen LogP) is 8.58. The van der Waals surface area contributed by atoms with Crippen molar-refractivity contribution in [3.63, 3.8) is 0 Å². The number of methoxy groups -OCH3 is 1. The van der Waals surface area contributed by atoms with Crippen LogP contribution in [0.1, 0.15) is 27.0 Å². The van der Waals surface area contributed by atoms with Crippen molar-refractivity contribution in [2.75, 3.05) is 12.4 Å². The van der Waals surface area contributed by atoms with Crippen LogP contribution < -0.4 is 20.2 Å². The zero-order valence-electron chi connectivity index (χ0n) is 22.7. The Morgan fingerprint density at radius 3 is 2.50 bits per heavy atom. The monoisotopic (exact) mass is 752 g/mol. The maximum Gasteiger partial charge on any atom is 0.271 e. The second-order valence-corrected chi connectivity index (χ2v) is 12.2. The molecule has 1 amide bonds. The number of halogens is 2. The summed E-state index contributed by atoms with van der Waals surface area (Å²) in [5.41, 5.74) is 8.86. The Morgan fingerprint density at radius 1 is 1.05 bits per heavy atom. The van der Waals surface area contributed by atoms with E-state index in [2.05, 4.69) is 78.4 Å². The van der Waals surface area contributed by atoms with E-state index in [-0.39, 0.29) is 5.91 Å². The van der Waals surface area contributed by atoms with Gasteiger partial charge in [0.05, 0.1) is 22.6 Å². The lowest BCUT2D eigenvalue weighted by Gasteiger charge is -2.13. The van der Waals surface area contributed by atoms with Gasteiger partial charge in [-0.05, 0) is 89.2 Å². The van der Waals surface area contributed by atoms with Crippen LogP contribution in [0.15, 0.2) is 99.9 Å². The van der Waals surface area contributed by atoms with Crippen molar-refractivity contribution in [1.29, 1.82) is 0 Å². The molecule has 0 atom stereocenters. The Bertz CT molecular complexity index is 1710. The summed E-state index contributed by atoms with van der Waals surface area (Å²) < 4.78 is 13.5. The van der Waals surface area contributed by atoms with Crippen LogP contribution in [0.2, 0.25) is 0 Å². The van der Waals surface area contributed by atoms with Crippen LogP contribution in [0.25, 0.3) is 11.3 Å². The number of anilines is 2. The molecule has 0 spiro atoms. The third kappa shape index (κ3) is 7.75. The van der Waals surface area contributed by atoms with E-state index in [0.29, 0.717) is 23.7 Å². The molecule has 5 rings (SSSR count). The van der Waals surface area contributed by atoms with Crippen LogP contribution in [-0.2, 0) is 6.61 Å². The Kier molecular flexibility index (Phi) is 9.88. The van der Waals surface area contributed by atoms with Crippen molar-refractivity contribution in [1.82, 2.24) is 10.4 Å². The van der Waals surface area contributed by atoms with Gasteiger partial charge in [0.15, 0.2) is 16.6 Å². The first-order valence-corrected chi connectivity index (χ1v) is 15.6. The molecule has 0 saturated heterocycles. The van der Waals surface area contributed by atoms with Gasteiger partial charge in [0.25, 0.3) is 5.91 Å². The molecular weight excluding hydrogens is 727 g/mol. The minimum atomic E-state index is -0.311. The van der Waals surface area contributed by atoms with E-state index in [1.54, 1.807) is 25.5 Å². The molecule has 5 aromatic rings. The van der Waals surface area contributed by atoms with E-state index in [1.165, 1.54) is 16.9 Å². The Balaban J connectivity index is 1.18. The van der Waals surface area contributed by atoms with Gasteiger partial charge in [-0.25, -0.2) is 10.4 Å². The van der Waals surface area contributed by atoms with E-state index in [1.807, 2.05) is 66.0 Å². The average molecular weight is 753 g/mol. The fourth-order valence-electron chi connectivity index (χ4n) is 3.94. The Hall–Kier alpha value is -3.74. The number of amides is 1. The fourth-order valence-corrected chi connectivity index (χ4v) is 5.72. The van der Waals surface area contributed by atoms with Gasteiger partial charge in [-0.15, -0.1) is 11.3 Å². The number of carbonyl (C=O) groups excluding carboxylic acids is 1. The number of carbonyl (C=O) groups is 1. The van der Waals surface area contributed by atoms with Crippen LogP contribution in [-0.4, -0.2) is 24.2 Å². The number of aryl methyl sites for hydroxylation is 1. The predicted molar refractivity (Wildman–Crippen MR) is 181 cm³/mol. The summed E-state index contributed by atoms with van der Waals surface area (Å²) in [6.07, 6.45) is 1.58. The van der Waals surface area contributed by atoms with Gasteiger partial charge >= 0.3 is 0 Å². The van der Waals surface area contributed by atoms with E-state index in [4.69, 9.17) is 9.47 Å². The first kappa shape index (κ1) is 29.7. The summed E-state index contributed by atoms with van der Waals surface area (Å²) in [7, 11) is 1.59. The highest BCUT2D eigenvalue weighted by atomic mass is 127. The zero-order valence-corrected chi connectivity index (χ0v) is 27.3. The molecular formula is C32H26BrIN4O3S. The van der Waals surface area contributed by atoms with Crippen molar-refractivity contribution in [2.24, 2.45) is 5.10 Å². The second kappa shape index (κ2) is 14.0. The van der Waals surface area contributed by atoms with Crippen molar-refractivity contribution < 1.29 is 14.3 Å². The van der Waals surface area contributed by atoms with Gasteiger partial charge in [0.2, 0.25) is 0 Å². The molecule has 0 saturated carbocycles. The van der Waals surface area contributed by atoms with E-state index in [9.17, 15) is 4.79 Å². The molecule has 0 radical (unpaired) electrons. The SMILES string of the molecule is COc1cc(/C=N\NC(=O)c2ccc(-c3csc(Nc4ccc(C)cc4)n3)cc2)cc(I)c1OCc1ccc(Br)cc1. The number of benzene rings is 4. The van der Waals surface area contributed by atoms with Crippen LogP contribution in [0, 0.1) is 10.5 Å². The van der Waals surface area contributed by atoms with Crippen molar-refractivity contribution >= 4 is 72.8 Å². The lowest BCUT2D eigenvalue weighted by Crippen LogP contribution is -2.17. The molecule has 42 heavy (non-hydrogen) atoms. The Labute approximate surface area is 270 Å². The molecule has 7 nitrogen and oxygen atoms in total. The van der Waals surface area contributed by atoms with E-state index >= 15 is 0 Å². The fraction of sp³-hybridized carbons (Fsp3) is 0.0938. The molecule has 2 N–H and O–H groups in total. The normalized spacial score (nSPS) is 11.0. The summed E-state index contributed by atoms with van der Waals surface area (Å²) in [6, 6.07) is 27.1. The van der Waals surface area contributed by atoms with Gasteiger partial charge in [-0.1, -0.05) is 57.9 Å². The zero-order chi connectivity index (χ0) is 29.5. The molecule has 0 aliphatic carbocycles. The number of nitrogens with one attached hydrogen (secondary N) is 2. The molecule has 0 aliphatic rings. The third-order valence-electron chi connectivity index (χ3n) is 6.18. The number of rotatable bonds is 10. The van der Waals surface area contributed by atoms with Gasteiger partial charge in [0.1, 0.15) is 6.61 Å². The van der Waals surface area contributed by atoms with Crippen LogP contribution in [0.5, 0.6) is 11.5 Å². The molecule has 212 valence electrons. The highest BCUT2D eigenvalue weighted by Gasteiger charge is 2.12. The molecule has 0 aliphatic heterocycles. The maximum absolute atomic E-state index is 12.7. The Morgan fingerprint density at radius 2 is 1.79 bits per heavy atom. The molecule has 0 unspecified atom stereocenters. The number of ether oxygens (including phenoxy) is 2. The first-order valence-electron chi connectivity index (χ1n) is 12.9. The van der Waals surface area contributed by atoms with Crippen molar-refractivity contribution in [3.8, 4) is 22.8 Å². The summed E-state index contributed by atoms with van der Waals surface area (Å²) in [5.74, 6) is 0.927. The van der Waals surface area contributed by atoms with Crippen LogP contribution in [0.4, 0.5) is 10.8 Å².